The number of nitrogens with one attached hydrogen (secondary N) is 1. The monoisotopic (exact) mass is 292 g/mol. The number of aliphatic hydroxyl groups excluding tert-OH is 1. The minimum atomic E-state index is -0.176. The Kier molecular flexibility index (Phi) is 4.26. The molecule has 1 saturated carbocycles. The molecule has 2 N–H and O–H groups in total. The van der Waals surface area contributed by atoms with Crippen molar-refractivity contribution >= 4 is 11.7 Å². The molecule has 116 valence electrons. The molecule has 2 heterocycles. The molecule has 1 saturated heterocycles. The van der Waals surface area contributed by atoms with E-state index in [2.05, 4.69) is 15.3 Å². The van der Waals surface area contributed by atoms with Crippen molar-refractivity contribution in [2.75, 3.05) is 18.4 Å². The summed E-state index contributed by atoms with van der Waals surface area (Å²) in [7, 11) is 0. The van der Waals surface area contributed by atoms with Crippen molar-refractivity contribution in [3.8, 4) is 0 Å². The summed E-state index contributed by atoms with van der Waals surface area (Å²) in [5.74, 6) is 0.511. The van der Waals surface area contributed by atoms with Crippen molar-refractivity contribution in [1.82, 2.24) is 14.7 Å². The van der Waals surface area contributed by atoms with Crippen LogP contribution in [0.3, 0.4) is 0 Å². The average Bonchev–Trinajstić information content (AvgIpc) is 3.07. The van der Waals surface area contributed by atoms with Crippen LogP contribution in [0.4, 0.5) is 5.82 Å². The number of carbonyl (C=O) groups excluding carboxylic acids is 1. The number of carbonyl (C=O) groups is 1. The molecule has 2 aliphatic rings. The smallest absolute Gasteiger partial charge is 0.222 e. The standard InChI is InChI=1S/C15H24N4O2/c1-11(20)16-15-7-9-19(17-15)12-6-8-18(10-12)13-4-2-3-5-14(13)21/h7,9,12-14,21H,2-6,8,10H2,1H3,(H,16,17,20)/t12-,13-,14-/m1/s1. The van der Waals surface area contributed by atoms with Crippen LogP contribution in [0.15, 0.2) is 12.3 Å². The fraction of sp³-hybridized carbons (Fsp3) is 0.733. The zero-order valence-electron chi connectivity index (χ0n) is 12.5. The third kappa shape index (κ3) is 3.27. The number of hydrogen-bond acceptors (Lipinski definition) is 4. The molecule has 6 nitrogen and oxygen atoms in total. The molecular formula is C15H24N4O2. The van der Waals surface area contributed by atoms with E-state index in [1.54, 1.807) is 0 Å². The molecule has 1 amide bonds. The van der Waals surface area contributed by atoms with Crippen LogP contribution in [0.2, 0.25) is 0 Å². The topological polar surface area (TPSA) is 70.4 Å². The van der Waals surface area contributed by atoms with Crippen molar-refractivity contribution < 1.29 is 9.90 Å². The third-order valence-corrected chi connectivity index (χ3v) is 4.64. The Morgan fingerprint density at radius 1 is 1.38 bits per heavy atom. The summed E-state index contributed by atoms with van der Waals surface area (Å²) in [5, 5.41) is 17.3. The number of anilines is 1. The highest BCUT2D eigenvalue weighted by molar-refractivity contribution is 5.87. The highest BCUT2D eigenvalue weighted by atomic mass is 16.3. The molecule has 6 heteroatoms. The second-order valence-corrected chi connectivity index (χ2v) is 6.22. The summed E-state index contributed by atoms with van der Waals surface area (Å²) in [6.07, 6.45) is 7.20. The molecule has 3 atom stereocenters. The van der Waals surface area contributed by atoms with Crippen molar-refractivity contribution in [3.05, 3.63) is 12.3 Å². The maximum Gasteiger partial charge on any atom is 0.222 e. The zero-order chi connectivity index (χ0) is 14.8. The predicted molar refractivity (Wildman–Crippen MR) is 80.0 cm³/mol. The number of hydrogen-bond donors (Lipinski definition) is 2. The largest absolute Gasteiger partial charge is 0.391 e. The SMILES string of the molecule is CC(=O)Nc1ccn([C@@H]2CCN([C@@H]3CCCC[C@H]3O)C2)n1. The molecule has 0 radical (unpaired) electrons. The Morgan fingerprint density at radius 3 is 2.95 bits per heavy atom. The van der Waals surface area contributed by atoms with Gasteiger partial charge in [0, 0.05) is 38.3 Å². The Labute approximate surface area is 125 Å². The predicted octanol–water partition coefficient (Wildman–Crippen LogP) is 1.39. The first kappa shape index (κ1) is 14.5. The quantitative estimate of drug-likeness (QED) is 0.883. The van der Waals surface area contributed by atoms with Gasteiger partial charge in [-0.15, -0.1) is 0 Å². The molecular weight excluding hydrogens is 268 g/mol. The zero-order valence-corrected chi connectivity index (χ0v) is 12.5. The van der Waals surface area contributed by atoms with E-state index in [1.807, 2.05) is 16.9 Å². The second kappa shape index (κ2) is 6.15. The molecule has 0 spiro atoms. The van der Waals surface area contributed by atoms with Gasteiger partial charge in [0.2, 0.25) is 5.91 Å². The lowest BCUT2D eigenvalue weighted by molar-refractivity contribution is -0.114. The van der Waals surface area contributed by atoms with Crippen molar-refractivity contribution in [3.63, 3.8) is 0 Å². The van der Waals surface area contributed by atoms with Gasteiger partial charge in [0.1, 0.15) is 0 Å². The average molecular weight is 292 g/mol. The maximum absolute atomic E-state index is 11.0. The van der Waals surface area contributed by atoms with Crippen molar-refractivity contribution in [2.24, 2.45) is 0 Å². The van der Waals surface area contributed by atoms with Crippen LogP contribution in [0.5, 0.6) is 0 Å². The highest BCUT2D eigenvalue weighted by Crippen LogP contribution is 2.30. The van der Waals surface area contributed by atoms with Gasteiger partial charge in [-0.05, 0) is 19.3 Å². The van der Waals surface area contributed by atoms with E-state index in [0.29, 0.717) is 17.9 Å². The third-order valence-electron chi connectivity index (χ3n) is 4.64. The highest BCUT2D eigenvalue weighted by Gasteiger charge is 2.34. The van der Waals surface area contributed by atoms with Crippen LogP contribution >= 0.6 is 0 Å². The lowest BCUT2D eigenvalue weighted by atomic mass is 9.91. The Bertz CT molecular complexity index is 502. The number of nitrogens with zero attached hydrogens (tertiary/aromatic N) is 3. The van der Waals surface area contributed by atoms with Crippen LogP contribution in [0.25, 0.3) is 0 Å². The molecule has 0 aromatic carbocycles. The minimum Gasteiger partial charge on any atom is -0.391 e. The summed E-state index contributed by atoms with van der Waals surface area (Å²) in [4.78, 5) is 13.5. The van der Waals surface area contributed by atoms with Gasteiger partial charge in [0.05, 0.1) is 12.1 Å². The minimum absolute atomic E-state index is 0.0985. The Morgan fingerprint density at radius 2 is 2.19 bits per heavy atom. The number of rotatable bonds is 3. The number of aromatic nitrogens is 2. The molecule has 0 bridgehead atoms. The van der Waals surface area contributed by atoms with Crippen LogP contribution in [0, 0.1) is 0 Å². The van der Waals surface area contributed by atoms with E-state index in [4.69, 9.17) is 0 Å². The van der Waals surface area contributed by atoms with Crippen LogP contribution in [-0.4, -0.2) is 50.9 Å². The molecule has 2 fully saturated rings. The molecule has 1 aliphatic heterocycles. The van der Waals surface area contributed by atoms with Gasteiger partial charge in [0.25, 0.3) is 0 Å². The number of aliphatic hydroxyl groups is 1. The van der Waals surface area contributed by atoms with E-state index in [1.165, 1.54) is 13.3 Å². The Balaban J connectivity index is 1.61. The number of amides is 1. The van der Waals surface area contributed by atoms with Crippen molar-refractivity contribution in [2.45, 2.75) is 57.2 Å². The summed E-state index contributed by atoms with van der Waals surface area (Å²) >= 11 is 0. The van der Waals surface area contributed by atoms with Gasteiger partial charge in [-0.2, -0.15) is 5.10 Å². The molecule has 21 heavy (non-hydrogen) atoms. The first-order valence-corrected chi connectivity index (χ1v) is 7.88. The van der Waals surface area contributed by atoms with E-state index >= 15 is 0 Å². The van der Waals surface area contributed by atoms with Gasteiger partial charge >= 0.3 is 0 Å². The van der Waals surface area contributed by atoms with E-state index < -0.39 is 0 Å². The fourth-order valence-electron chi connectivity index (χ4n) is 3.59. The first-order chi connectivity index (χ1) is 10.1. The Hall–Kier alpha value is -1.40. The maximum atomic E-state index is 11.0. The lowest BCUT2D eigenvalue weighted by Crippen LogP contribution is -2.44. The van der Waals surface area contributed by atoms with Crippen LogP contribution < -0.4 is 5.32 Å². The first-order valence-electron chi connectivity index (χ1n) is 7.88. The number of likely N-dealkylation sites (tertiary alicyclic amines) is 1. The molecule has 1 aliphatic carbocycles. The normalized spacial score (nSPS) is 30.5. The summed E-state index contributed by atoms with van der Waals surface area (Å²) in [6.45, 7) is 3.44. The lowest BCUT2D eigenvalue weighted by Gasteiger charge is -2.35. The van der Waals surface area contributed by atoms with E-state index in [9.17, 15) is 9.90 Å². The van der Waals surface area contributed by atoms with Crippen molar-refractivity contribution in [1.29, 1.82) is 0 Å². The summed E-state index contributed by atoms with van der Waals surface area (Å²) < 4.78 is 1.94. The van der Waals surface area contributed by atoms with Crippen LogP contribution in [0.1, 0.15) is 45.1 Å². The fourth-order valence-corrected chi connectivity index (χ4v) is 3.59. The van der Waals surface area contributed by atoms with Gasteiger partial charge in [0.15, 0.2) is 5.82 Å². The van der Waals surface area contributed by atoms with Gasteiger partial charge in [-0.25, -0.2) is 0 Å². The van der Waals surface area contributed by atoms with E-state index in [0.717, 1.165) is 38.8 Å². The molecule has 3 rings (SSSR count). The van der Waals surface area contributed by atoms with Gasteiger partial charge < -0.3 is 10.4 Å². The summed E-state index contributed by atoms with van der Waals surface area (Å²) in [5.41, 5.74) is 0. The molecule has 1 aromatic heterocycles. The van der Waals surface area contributed by atoms with E-state index in [-0.39, 0.29) is 12.0 Å². The van der Waals surface area contributed by atoms with Crippen LogP contribution in [-0.2, 0) is 4.79 Å². The second-order valence-electron chi connectivity index (χ2n) is 6.22. The van der Waals surface area contributed by atoms with Gasteiger partial charge in [-0.3, -0.25) is 14.4 Å². The molecule has 1 aromatic rings. The van der Waals surface area contributed by atoms with Gasteiger partial charge in [-0.1, -0.05) is 12.8 Å². The molecule has 0 unspecified atom stereocenters. The summed E-state index contributed by atoms with van der Waals surface area (Å²) in [6, 6.07) is 2.48.